The first-order chi connectivity index (χ1) is 17.0. The van der Waals surface area contributed by atoms with Crippen LogP contribution >= 0.6 is 0 Å². The van der Waals surface area contributed by atoms with E-state index in [4.69, 9.17) is 14.2 Å². The SMILES string of the molecule is CCOC(=O)CCc1ccccc1OCCCCOc1cc(O)c(-c2ccc(F)cc2)cc1CC. The van der Waals surface area contributed by atoms with Crippen LogP contribution in [0.4, 0.5) is 4.39 Å². The molecule has 186 valence electrons. The quantitative estimate of drug-likeness (QED) is 0.224. The molecule has 0 aliphatic carbocycles. The Labute approximate surface area is 206 Å². The summed E-state index contributed by atoms with van der Waals surface area (Å²) < 4.78 is 30.1. The molecule has 0 saturated carbocycles. The molecule has 0 heterocycles. The van der Waals surface area contributed by atoms with E-state index in [-0.39, 0.29) is 17.5 Å². The molecule has 1 N–H and O–H groups in total. The van der Waals surface area contributed by atoms with Gasteiger partial charge in [-0.15, -0.1) is 0 Å². The van der Waals surface area contributed by atoms with Crippen LogP contribution in [0.3, 0.4) is 0 Å². The molecule has 0 fully saturated rings. The number of carbonyl (C=O) groups excluding carboxylic acids is 1. The second kappa shape index (κ2) is 13.4. The number of aromatic hydroxyl groups is 1. The highest BCUT2D eigenvalue weighted by molar-refractivity contribution is 5.72. The molecule has 0 saturated heterocycles. The molecule has 0 aliphatic heterocycles. The normalized spacial score (nSPS) is 10.7. The predicted octanol–water partition coefficient (Wildman–Crippen LogP) is 6.49. The Kier molecular flexibility index (Phi) is 9.96. The van der Waals surface area contributed by atoms with Gasteiger partial charge in [0.25, 0.3) is 0 Å². The summed E-state index contributed by atoms with van der Waals surface area (Å²) in [6.45, 7) is 5.25. The lowest BCUT2D eigenvalue weighted by Crippen LogP contribution is -2.07. The van der Waals surface area contributed by atoms with Gasteiger partial charge in [0.05, 0.1) is 19.8 Å². The Hall–Kier alpha value is -3.54. The monoisotopic (exact) mass is 480 g/mol. The number of aryl methyl sites for hydroxylation is 2. The van der Waals surface area contributed by atoms with Crippen molar-refractivity contribution in [3.8, 4) is 28.4 Å². The third kappa shape index (κ3) is 7.74. The average Bonchev–Trinajstić information content (AvgIpc) is 2.86. The summed E-state index contributed by atoms with van der Waals surface area (Å²) in [6, 6.07) is 17.3. The zero-order chi connectivity index (χ0) is 25.0. The van der Waals surface area contributed by atoms with Gasteiger partial charge in [-0.2, -0.15) is 0 Å². The van der Waals surface area contributed by atoms with E-state index in [1.54, 1.807) is 25.1 Å². The Morgan fingerprint density at radius 3 is 2.26 bits per heavy atom. The zero-order valence-corrected chi connectivity index (χ0v) is 20.4. The zero-order valence-electron chi connectivity index (χ0n) is 20.4. The van der Waals surface area contributed by atoms with Crippen LogP contribution in [0, 0.1) is 5.82 Å². The van der Waals surface area contributed by atoms with Crippen molar-refractivity contribution in [2.45, 2.75) is 46.0 Å². The fraction of sp³-hybridized carbons (Fsp3) is 0.345. The van der Waals surface area contributed by atoms with Crippen molar-refractivity contribution in [1.29, 1.82) is 0 Å². The smallest absolute Gasteiger partial charge is 0.306 e. The van der Waals surface area contributed by atoms with Crippen molar-refractivity contribution in [2.24, 2.45) is 0 Å². The Bertz CT molecular complexity index is 1090. The highest BCUT2D eigenvalue weighted by Crippen LogP contribution is 2.36. The van der Waals surface area contributed by atoms with E-state index in [1.165, 1.54) is 12.1 Å². The number of phenolic OH excluding ortho intramolecular Hbond substituents is 1. The molecular weight excluding hydrogens is 447 g/mol. The topological polar surface area (TPSA) is 65.0 Å². The lowest BCUT2D eigenvalue weighted by molar-refractivity contribution is -0.143. The number of ether oxygens (including phenoxy) is 3. The second-order valence-corrected chi connectivity index (χ2v) is 8.15. The standard InChI is InChI=1S/C29H33FO5/c1-3-21-19-25(22-11-14-24(30)15-12-22)26(31)20-28(21)35-18-8-7-17-34-27-10-6-5-9-23(27)13-16-29(32)33-4-2/h5-6,9-12,14-15,19-20,31H,3-4,7-8,13,16-18H2,1-2H3. The summed E-state index contributed by atoms with van der Waals surface area (Å²) in [5.74, 6) is 1.02. The van der Waals surface area contributed by atoms with E-state index < -0.39 is 0 Å². The van der Waals surface area contributed by atoms with Crippen molar-refractivity contribution in [1.82, 2.24) is 0 Å². The summed E-state index contributed by atoms with van der Waals surface area (Å²) in [5, 5.41) is 10.5. The van der Waals surface area contributed by atoms with Crippen LogP contribution in [0.1, 0.15) is 44.2 Å². The van der Waals surface area contributed by atoms with Crippen molar-refractivity contribution in [3.63, 3.8) is 0 Å². The number of hydrogen-bond acceptors (Lipinski definition) is 5. The van der Waals surface area contributed by atoms with Gasteiger partial charge in [0, 0.05) is 18.1 Å². The number of carbonyl (C=O) groups is 1. The Balaban J connectivity index is 1.48. The summed E-state index contributed by atoms with van der Waals surface area (Å²) >= 11 is 0. The molecule has 0 amide bonds. The van der Waals surface area contributed by atoms with Crippen LogP contribution in [0.2, 0.25) is 0 Å². The van der Waals surface area contributed by atoms with Crippen LogP contribution in [-0.2, 0) is 22.4 Å². The molecule has 35 heavy (non-hydrogen) atoms. The molecule has 0 atom stereocenters. The highest BCUT2D eigenvalue weighted by Gasteiger charge is 2.12. The molecule has 3 aromatic carbocycles. The van der Waals surface area contributed by atoms with Gasteiger partial charge in [-0.1, -0.05) is 37.3 Å². The van der Waals surface area contributed by atoms with Crippen LogP contribution in [0.5, 0.6) is 17.2 Å². The molecule has 0 unspecified atom stereocenters. The van der Waals surface area contributed by atoms with E-state index in [0.29, 0.717) is 44.0 Å². The van der Waals surface area contributed by atoms with Crippen LogP contribution < -0.4 is 9.47 Å². The molecule has 0 radical (unpaired) electrons. The van der Waals surface area contributed by atoms with Crippen molar-refractivity contribution in [2.75, 3.05) is 19.8 Å². The van der Waals surface area contributed by atoms with Gasteiger partial charge < -0.3 is 19.3 Å². The number of benzene rings is 3. The minimum atomic E-state index is -0.312. The number of phenols is 1. The lowest BCUT2D eigenvalue weighted by atomic mass is 10.00. The largest absolute Gasteiger partial charge is 0.507 e. The fourth-order valence-corrected chi connectivity index (χ4v) is 3.77. The van der Waals surface area contributed by atoms with Gasteiger partial charge in [0.1, 0.15) is 23.1 Å². The van der Waals surface area contributed by atoms with E-state index in [2.05, 4.69) is 0 Å². The predicted molar refractivity (Wildman–Crippen MR) is 134 cm³/mol. The number of unbranched alkanes of at least 4 members (excludes halogenated alkanes) is 1. The van der Waals surface area contributed by atoms with Gasteiger partial charge in [-0.25, -0.2) is 4.39 Å². The maximum atomic E-state index is 13.2. The van der Waals surface area contributed by atoms with Gasteiger partial charge >= 0.3 is 5.97 Å². The molecule has 3 aromatic rings. The van der Waals surface area contributed by atoms with E-state index in [9.17, 15) is 14.3 Å². The summed E-state index contributed by atoms with van der Waals surface area (Å²) in [7, 11) is 0. The first kappa shape index (κ1) is 26.1. The maximum Gasteiger partial charge on any atom is 0.306 e. The summed E-state index contributed by atoms with van der Waals surface area (Å²) in [6.07, 6.45) is 3.24. The van der Waals surface area contributed by atoms with Crippen LogP contribution in [0.15, 0.2) is 60.7 Å². The van der Waals surface area contributed by atoms with E-state index >= 15 is 0 Å². The first-order valence-electron chi connectivity index (χ1n) is 12.1. The van der Waals surface area contributed by atoms with Gasteiger partial charge in [-0.05, 0) is 73.6 Å². The minimum absolute atomic E-state index is 0.103. The van der Waals surface area contributed by atoms with Crippen molar-refractivity contribution >= 4 is 5.97 Å². The summed E-state index contributed by atoms with van der Waals surface area (Å²) in [5.41, 5.74) is 3.38. The highest BCUT2D eigenvalue weighted by atomic mass is 19.1. The maximum absolute atomic E-state index is 13.2. The van der Waals surface area contributed by atoms with E-state index in [1.807, 2.05) is 37.3 Å². The number of esters is 1. The summed E-state index contributed by atoms with van der Waals surface area (Å²) in [4.78, 5) is 11.6. The average molecular weight is 481 g/mol. The second-order valence-electron chi connectivity index (χ2n) is 8.15. The Morgan fingerprint density at radius 1 is 0.886 bits per heavy atom. The van der Waals surface area contributed by atoms with E-state index in [0.717, 1.165) is 41.7 Å². The van der Waals surface area contributed by atoms with Crippen LogP contribution in [0.25, 0.3) is 11.1 Å². The molecule has 0 bridgehead atoms. The molecule has 5 nitrogen and oxygen atoms in total. The molecule has 0 aromatic heterocycles. The van der Waals surface area contributed by atoms with Gasteiger partial charge in [0.15, 0.2) is 0 Å². The lowest BCUT2D eigenvalue weighted by Gasteiger charge is -2.15. The van der Waals surface area contributed by atoms with Crippen LogP contribution in [-0.4, -0.2) is 30.9 Å². The number of para-hydroxylation sites is 1. The molecule has 0 spiro atoms. The van der Waals surface area contributed by atoms with Gasteiger partial charge in [-0.3, -0.25) is 4.79 Å². The van der Waals surface area contributed by atoms with Gasteiger partial charge in [0.2, 0.25) is 0 Å². The third-order valence-electron chi connectivity index (χ3n) is 5.65. The third-order valence-corrected chi connectivity index (χ3v) is 5.65. The molecular formula is C29H33FO5. The molecule has 3 rings (SSSR count). The first-order valence-corrected chi connectivity index (χ1v) is 12.1. The number of hydrogen-bond donors (Lipinski definition) is 1. The number of halogens is 1. The fourth-order valence-electron chi connectivity index (χ4n) is 3.77. The molecule has 0 aliphatic rings. The Morgan fingerprint density at radius 2 is 1.57 bits per heavy atom. The molecule has 6 heteroatoms. The van der Waals surface area contributed by atoms with Crippen molar-refractivity contribution < 1.29 is 28.5 Å². The van der Waals surface area contributed by atoms with Crippen molar-refractivity contribution in [3.05, 3.63) is 77.6 Å². The number of rotatable bonds is 13. The minimum Gasteiger partial charge on any atom is -0.507 e.